The van der Waals surface area contributed by atoms with Gasteiger partial charge in [-0.05, 0) is 36.6 Å². The number of benzene rings is 2. The fourth-order valence-electron chi connectivity index (χ4n) is 2.28. The van der Waals surface area contributed by atoms with Gasteiger partial charge in [0.2, 0.25) is 0 Å². The lowest BCUT2D eigenvalue weighted by molar-refractivity contribution is 0.0429. The van der Waals surface area contributed by atoms with Crippen molar-refractivity contribution in [2.45, 2.75) is 26.0 Å². The summed E-state index contributed by atoms with van der Waals surface area (Å²) in [4.78, 5) is 0. The van der Waals surface area contributed by atoms with Crippen molar-refractivity contribution in [3.8, 4) is 0 Å². The lowest BCUT2D eigenvalue weighted by Gasteiger charge is -2.25. The molecule has 2 rings (SSSR count). The molecule has 2 aromatic rings. The lowest BCUT2D eigenvalue weighted by atomic mass is 9.95. The Balaban J connectivity index is 2.31. The Morgan fingerprint density at radius 1 is 1.10 bits per heavy atom. The van der Waals surface area contributed by atoms with Crippen LogP contribution in [-0.4, -0.2) is 6.61 Å². The van der Waals surface area contributed by atoms with Gasteiger partial charge >= 0.3 is 0 Å². The molecule has 0 saturated heterocycles. The van der Waals surface area contributed by atoms with E-state index in [-0.39, 0.29) is 18.0 Å². The molecule has 0 saturated carbocycles. The van der Waals surface area contributed by atoms with E-state index in [1.165, 1.54) is 6.07 Å². The highest BCUT2D eigenvalue weighted by atomic mass is 19.1. The molecule has 0 aliphatic carbocycles. The summed E-state index contributed by atoms with van der Waals surface area (Å²) < 4.78 is 19.2. The Labute approximate surface area is 119 Å². The third-order valence-electron chi connectivity index (χ3n) is 3.37. The molecule has 2 N–H and O–H groups in total. The van der Waals surface area contributed by atoms with Gasteiger partial charge in [0.05, 0.1) is 6.04 Å². The Hall–Kier alpha value is -1.71. The maximum absolute atomic E-state index is 13.4. The number of ether oxygens (including phenoxy) is 1. The van der Waals surface area contributed by atoms with Crippen molar-refractivity contribution < 1.29 is 9.13 Å². The van der Waals surface area contributed by atoms with E-state index in [2.05, 4.69) is 0 Å². The maximum atomic E-state index is 13.4. The monoisotopic (exact) mass is 273 g/mol. The molecule has 0 aromatic heterocycles. The fourth-order valence-corrected chi connectivity index (χ4v) is 2.28. The van der Waals surface area contributed by atoms with Crippen molar-refractivity contribution in [2.24, 2.45) is 5.73 Å². The minimum Gasteiger partial charge on any atom is -0.372 e. The number of hydrogen-bond acceptors (Lipinski definition) is 2. The molecule has 0 aliphatic heterocycles. The van der Waals surface area contributed by atoms with Gasteiger partial charge in [0.1, 0.15) is 11.9 Å². The van der Waals surface area contributed by atoms with Crippen LogP contribution in [0.4, 0.5) is 4.39 Å². The number of hydrogen-bond donors (Lipinski definition) is 1. The summed E-state index contributed by atoms with van der Waals surface area (Å²) in [5.74, 6) is -0.214. The van der Waals surface area contributed by atoms with Gasteiger partial charge in [0.15, 0.2) is 0 Å². The smallest absolute Gasteiger partial charge is 0.126 e. The van der Waals surface area contributed by atoms with Crippen LogP contribution in [0.1, 0.15) is 35.8 Å². The van der Waals surface area contributed by atoms with Crippen LogP contribution in [0.15, 0.2) is 48.5 Å². The molecule has 0 fully saturated rings. The quantitative estimate of drug-likeness (QED) is 0.896. The van der Waals surface area contributed by atoms with Crippen molar-refractivity contribution in [1.29, 1.82) is 0 Å². The topological polar surface area (TPSA) is 35.2 Å². The highest BCUT2D eigenvalue weighted by Gasteiger charge is 2.22. The number of aryl methyl sites for hydroxylation is 1. The lowest BCUT2D eigenvalue weighted by Crippen LogP contribution is -2.22. The zero-order valence-corrected chi connectivity index (χ0v) is 11.8. The first kappa shape index (κ1) is 14.7. The first-order chi connectivity index (χ1) is 9.63. The van der Waals surface area contributed by atoms with Crippen LogP contribution in [0, 0.1) is 12.7 Å². The summed E-state index contributed by atoms with van der Waals surface area (Å²) in [5.41, 5.74) is 8.84. The summed E-state index contributed by atoms with van der Waals surface area (Å²) in [5, 5.41) is 0. The molecule has 0 bridgehead atoms. The number of nitrogens with two attached hydrogens (primary N) is 1. The molecule has 2 nitrogen and oxygen atoms in total. The predicted octanol–water partition coefficient (Wildman–Crippen LogP) is 3.91. The van der Waals surface area contributed by atoms with E-state index in [9.17, 15) is 4.39 Å². The van der Waals surface area contributed by atoms with Gasteiger partial charge in [0, 0.05) is 6.61 Å². The number of rotatable bonds is 5. The second-order valence-corrected chi connectivity index (χ2v) is 4.82. The van der Waals surface area contributed by atoms with Crippen molar-refractivity contribution in [2.75, 3.05) is 6.61 Å². The molecule has 106 valence electrons. The molecule has 0 heterocycles. The predicted molar refractivity (Wildman–Crippen MR) is 78.9 cm³/mol. The van der Waals surface area contributed by atoms with Crippen molar-refractivity contribution in [3.05, 3.63) is 71.0 Å². The molecule has 0 amide bonds. The largest absolute Gasteiger partial charge is 0.372 e. The van der Waals surface area contributed by atoms with Crippen LogP contribution >= 0.6 is 0 Å². The molecule has 3 heteroatoms. The Bertz CT molecular complexity index is 556. The molecule has 0 spiro atoms. The standard InChI is InChI=1S/C17H20FNO/c1-3-20-17(13-7-5-4-6-8-13)16(19)14-9-10-15(18)12(2)11-14/h4-11,16-17H,3,19H2,1-2H3. The van der Waals surface area contributed by atoms with Crippen molar-refractivity contribution in [3.63, 3.8) is 0 Å². The van der Waals surface area contributed by atoms with Gasteiger partial charge in [-0.2, -0.15) is 0 Å². The van der Waals surface area contributed by atoms with Crippen LogP contribution in [-0.2, 0) is 4.74 Å². The zero-order chi connectivity index (χ0) is 14.5. The van der Waals surface area contributed by atoms with Crippen LogP contribution in [0.2, 0.25) is 0 Å². The maximum Gasteiger partial charge on any atom is 0.126 e. The van der Waals surface area contributed by atoms with E-state index in [4.69, 9.17) is 10.5 Å². The molecule has 2 aromatic carbocycles. The molecular formula is C17H20FNO. The van der Waals surface area contributed by atoms with Crippen LogP contribution < -0.4 is 5.73 Å². The average molecular weight is 273 g/mol. The van der Waals surface area contributed by atoms with Crippen LogP contribution in [0.25, 0.3) is 0 Å². The molecular weight excluding hydrogens is 253 g/mol. The normalized spacial score (nSPS) is 14.0. The van der Waals surface area contributed by atoms with E-state index < -0.39 is 0 Å². The second-order valence-electron chi connectivity index (χ2n) is 4.82. The SMILES string of the molecule is CCOC(c1ccccc1)C(N)c1ccc(F)c(C)c1. The minimum atomic E-state index is -0.323. The highest BCUT2D eigenvalue weighted by molar-refractivity contribution is 5.30. The van der Waals surface area contributed by atoms with Crippen LogP contribution in [0.3, 0.4) is 0 Å². The fraction of sp³-hybridized carbons (Fsp3) is 0.294. The Kier molecular flexibility index (Phi) is 4.88. The summed E-state index contributed by atoms with van der Waals surface area (Å²) in [6.45, 7) is 4.26. The summed E-state index contributed by atoms with van der Waals surface area (Å²) in [6, 6.07) is 14.5. The van der Waals surface area contributed by atoms with Crippen molar-refractivity contribution >= 4 is 0 Å². The van der Waals surface area contributed by atoms with Gasteiger partial charge in [-0.25, -0.2) is 4.39 Å². The Morgan fingerprint density at radius 2 is 1.80 bits per heavy atom. The second kappa shape index (κ2) is 6.64. The third kappa shape index (κ3) is 3.24. The zero-order valence-electron chi connectivity index (χ0n) is 11.8. The summed E-state index contributed by atoms with van der Waals surface area (Å²) >= 11 is 0. The minimum absolute atomic E-state index is 0.214. The molecule has 20 heavy (non-hydrogen) atoms. The van der Waals surface area contributed by atoms with Gasteiger partial charge in [0.25, 0.3) is 0 Å². The van der Waals surface area contributed by atoms with E-state index in [0.717, 1.165) is 11.1 Å². The van der Waals surface area contributed by atoms with Gasteiger partial charge in [-0.1, -0.05) is 42.5 Å². The third-order valence-corrected chi connectivity index (χ3v) is 3.37. The van der Waals surface area contributed by atoms with Gasteiger partial charge in [-0.3, -0.25) is 0 Å². The average Bonchev–Trinajstić information content (AvgIpc) is 2.48. The Morgan fingerprint density at radius 3 is 2.40 bits per heavy atom. The summed E-state index contributed by atoms with van der Waals surface area (Å²) in [7, 11) is 0. The first-order valence-electron chi connectivity index (χ1n) is 6.81. The van der Waals surface area contributed by atoms with Gasteiger partial charge < -0.3 is 10.5 Å². The highest BCUT2D eigenvalue weighted by Crippen LogP contribution is 2.30. The molecule has 2 atom stereocenters. The van der Waals surface area contributed by atoms with Gasteiger partial charge in [-0.15, -0.1) is 0 Å². The molecule has 0 radical (unpaired) electrons. The number of halogens is 1. The first-order valence-corrected chi connectivity index (χ1v) is 6.81. The van der Waals surface area contributed by atoms with E-state index >= 15 is 0 Å². The van der Waals surface area contributed by atoms with E-state index in [1.54, 1.807) is 19.1 Å². The summed E-state index contributed by atoms with van der Waals surface area (Å²) in [6.07, 6.45) is -0.230. The molecule has 2 unspecified atom stereocenters. The van der Waals surface area contributed by atoms with E-state index in [1.807, 2.05) is 37.3 Å². The van der Waals surface area contributed by atoms with Crippen LogP contribution in [0.5, 0.6) is 0 Å². The van der Waals surface area contributed by atoms with E-state index in [0.29, 0.717) is 12.2 Å². The molecule has 0 aliphatic rings. The van der Waals surface area contributed by atoms with Crippen molar-refractivity contribution in [1.82, 2.24) is 0 Å².